The lowest BCUT2D eigenvalue weighted by Gasteiger charge is -2.27. The number of esters is 1. The summed E-state index contributed by atoms with van der Waals surface area (Å²) in [5.74, 6) is -2.04. The summed E-state index contributed by atoms with van der Waals surface area (Å²) < 4.78 is 10.2. The maximum Gasteiger partial charge on any atom is 0.408 e. The first kappa shape index (κ1) is 19.9. The minimum atomic E-state index is -0.907. The number of likely N-dealkylation sites (tertiary alicyclic amines) is 1. The molecule has 8 nitrogen and oxygen atoms in total. The smallest absolute Gasteiger partial charge is 0.408 e. The molecule has 0 aliphatic carbocycles. The summed E-state index contributed by atoms with van der Waals surface area (Å²) in [5, 5.41) is 2.47. The van der Waals surface area contributed by atoms with E-state index in [9.17, 15) is 19.2 Å². The number of ether oxygens (including phenoxy) is 2. The van der Waals surface area contributed by atoms with Gasteiger partial charge in [-0.2, -0.15) is 0 Å². The third-order valence-corrected chi connectivity index (χ3v) is 3.31. The molecule has 1 N–H and O–H groups in total. The molecule has 1 heterocycles. The van der Waals surface area contributed by atoms with Crippen molar-refractivity contribution in [3.05, 3.63) is 0 Å². The Morgan fingerprint density at radius 3 is 2.42 bits per heavy atom. The van der Waals surface area contributed by atoms with Crippen molar-refractivity contribution in [1.29, 1.82) is 0 Å². The van der Waals surface area contributed by atoms with Crippen LogP contribution in [0.1, 0.15) is 47.5 Å². The van der Waals surface area contributed by atoms with Gasteiger partial charge in [0.05, 0.1) is 0 Å². The summed E-state index contributed by atoms with van der Waals surface area (Å²) in [6, 6.07) is -0.907. The van der Waals surface area contributed by atoms with Crippen LogP contribution in [-0.2, 0) is 23.9 Å². The molecule has 2 amide bonds. The van der Waals surface area contributed by atoms with Gasteiger partial charge in [-0.05, 0) is 33.1 Å². The van der Waals surface area contributed by atoms with E-state index in [1.54, 1.807) is 34.6 Å². The van der Waals surface area contributed by atoms with Gasteiger partial charge in [0, 0.05) is 13.0 Å². The highest BCUT2D eigenvalue weighted by atomic mass is 16.6. The third-order valence-electron chi connectivity index (χ3n) is 3.31. The Bertz CT molecular complexity index is 509. The molecule has 8 heteroatoms. The van der Waals surface area contributed by atoms with Gasteiger partial charge in [0.1, 0.15) is 11.6 Å². The van der Waals surface area contributed by atoms with Crippen molar-refractivity contribution in [2.24, 2.45) is 5.92 Å². The number of carbonyl (C=O) groups excluding carboxylic acids is 4. The average Bonchev–Trinajstić information content (AvgIpc) is 2.44. The van der Waals surface area contributed by atoms with E-state index in [1.807, 2.05) is 0 Å². The molecule has 0 unspecified atom stereocenters. The van der Waals surface area contributed by atoms with E-state index in [0.717, 1.165) is 0 Å². The highest BCUT2D eigenvalue weighted by Gasteiger charge is 2.31. The van der Waals surface area contributed by atoms with Crippen molar-refractivity contribution in [3.63, 3.8) is 0 Å². The van der Waals surface area contributed by atoms with Crippen LogP contribution in [0.2, 0.25) is 0 Å². The molecule has 0 saturated carbocycles. The molecule has 0 radical (unpaired) electrons. The minimum Gasteiger partial charge on any atom is -0.444 e. The van der Waals surface area contributed by atoms with Crippen LogP contribution >= 0.6 is 0 Å². The second-order valence-corrected chi connectivity index (χ2v) is 7.06. The fourth-order valence-electron chi connectivity index (χ4n) is 2.10. The number of piperidine rings is 1. The van der Waals surface area contributed by atoms with E-state index >= 15 is 0 Å². The van der Waals surface area contributed by atoms with Gasteiger partial charge in [0.2, 0.25) is 5.78 Å². The molecule has 1 saturated heterocycles. The standard InChI is InChI=1S/C16H26N2O6/c1-10(2)12(17-15(22)24-16(3,4)5)14(21)23-9-18-8-6-7-11(19)13(18)20/h10,12H,6-9H2,1-5H3,(H,17,22)/t12-/m0/s1. The molecule has 1 aliphatic heterocycles. The van der Waals surface area contributed by atoms with Gasteiger partial charge in [-0.1, -0.05) is 13.8 Å². The molecule has 1 fully saturated rings. The minimum absolute atomic E-state index is 0.220. The Hall–Kier alpha value is -2.12. The van der Waals surface area contributed by atoms with Crippen LogP contribution in [0.5, 0.6) is 0 Å². The van der Waals surface area contributed by atoms with Crippen molar-refractivity contribution in [2.45, 2.75) is 59.1 Å². The number of hydrogen-bond acceptors (Lipinski definition) is 6. The Balaban J connectivity index is 2.59. The van der Waals surface area contributed by atoms with E-state index in [-0.39, 0.29) is 19.1 Å². The summed E-state index contributed by atoms with van der Waals surface area (Å²) in [4.78, 5) is 48.3. The number of nitrogens with zero attached hydrogens (tertiary/aromatic N) is 1. The number of rotatable bonds is 5. The molecule has 0 aromatic rings. The Labute approximate surface area is 141 Å². The summed E-state index contributed by atoms with van der Waals surface area (Å²) in [5.41, 5.74) is -0.684. The zero-order valence-electron chi connectivity index (χ0n) is 14.9. The predicted molar refractivity (Wildman–Crippen MR) is 84.9 cm³/mol. The zero-order valence-corrected chi connectivity index (χ0v) is 14.9. The summed E-state index contributed by atoms with van der Waals surface area (Å²) in [7, 11) is 0. The monoisotopic (exact) mass is 342 g/mol. The van der Waals surface area contributed by atoms with Crippen LogP contribution in [0.3, 0.4) is 0 Å². The van der Waals surface area contributed by atoms with Gasteiger partial charge >= 0.3 is 12.1 Å². The largest absolute Gasteiger partial charge is 0.444 e. The first-order valence-electron chi connectivity index (χ1n) is 7.99. The average molecular weight is 342 g/mol. The van der Waals surface area contributed by atoms with Crippen LogP contribution in [0.4, 0.5) is 4.79 Å². The van der Waals surface area contributed by atoms with Crippen LogP contribution in [0, 0.1) is 5.92 Å². The van der Waals surface area contributed by atoms with Gasteiger partial charge in [-0.25, -0.2) is 9.59 Å². The number of alkyl carbamates (subject to hydrolysis) is 1. The summed E-state index contributed by atoms with van der Waals surface area (Å²) in [6.45, 7) is 8.71. The first-order chi connectivity index (χ1) is 11.0. The molecule has 0 aromatic carbocycles. The van der Waals surface area contributed by atoms with Crippen molar-refractivity contribution in [3.8, 4) is 0 Å². The van der Waals surface area contributed by atoms with Crippen LogP contribution in [0.15, 0.2) is 0 Å². The first-order valence-corrected chi connectivity index (χ1v) is 7.99. The van der Waals surface area contributed by atoms with E-state index in [4.69, 9.17) is 9.47 Å². The Morgan fingerprint density at radius 1 is 1.25 bits per heavy atom. The zero-order chi connectivity index (χ0) is 18.5. The van der Waals surface area contributed by atoms with E-state index in [0.29, 0.717) is 13.0 Å². The van der Waals surface area contributed by atoms with Crippen LogP contribution in [-0.4, -0.2) is 53.6 Å². The molecule has 0 aromatic heterocycles. The Morgan fingerprint density at radius 2 is 1.88 bits per heavy atom. The van der Waals surface area contributed by atoms with Gasteiger partial charge in [0.25, 0.3) is 5.91 Å². The third kappa shape index (κ3) is 6.17. The number of Topliss-reactive ketones (excluding diaryl/α,β-unsaturated/α-hetero) is 1. The van der Waals surface area contributed by atoms with Gasteiger partial charge in [0.15, 0.2) is 6.73 Å². The van der Waals surface area contributed by atoms with Crippen LogP contribution < -0.4 is 5.32 Å². The number of nitrogens with one attached hydrogen (secondary N) is 1. The molecule has 24 heavy (non-hydrogen) atoms. The van der Waals surface area contributed by atoms with Crippen molar-refractivity contribution >= 4 is 23.8 Å². The lowest BCUT2D eigenvalue weighted by atomic mass is 10.1. The van der Waals surface area contributed by atoms with E-state index in [1.165, 1.54) is 4.90 Å². The maximum absolute atomic E-state index is 12.2. The molecule has 1 aliphatic rings. The molecule has 0 spiro atoms. The SMILES string of the molecule is CC(C)[C@H](NC(=O)OC(C)(C)C)C(=O)OCN1CCCC(=O)C1=O. The molecule has 136 valence electrons. The van der Waals surface area contributed by atoms with E-state index in [2.05, 4.69) is 5.32 Å². The van der Waals surface area contributed by atoms with Gasteiger partial charge < -0.3 is 19.7 Å². The summed E-state index contributed by atoms with van der Waals surface area (Å²) >= 11 is 0. The van der Waals surface area contributed by atoms with Crippen molar-refractivity contribution in [1.82, 2.24) is 10.2 Å². The van der Waals surface area contributed by atoms with Gasteiger partial charge in [-0.3, -0.25) is 9.59 Å². The molecular weight excluding hydrogens is 316 g/mol. The molecule has 1 rings (SSSR count). The van der Waals surface area contributed by atoms with Crippen molar-refractivity contribution in [2.75, 3.05) is 13.3 Å². The summed E-state index contributed by atoms with van der Waals surface area (Å²) in [6.07, 6.45) is 0.0478. The maximum atomic E-state index is 12.2. The quantitative estimate of drug-likeness (QED) is 0.595. The topological polar surface area (TPSA) is 102 Å². The van der Waals surface area contributed by atoms with E-state index < -0.39 is 35.4 Å². The highest BCUT2D eigenvalue weighted by Crippen LogP contribution is 2.11. The molecule has 0 bridgehead atoms. The number of ketones is 1. The number of hydrogen-bond donors (Lipinski definition) is 1. The lowest BCUT2D eigenvalue weighted by molar-refractivity contribution is -0.160. The fourth-order valence-corrected chi connectivity index (χ4v) is 2.10. The lowest BCUT2D eigenvalue weighted by Crippen LogP contribution is -2.49. The van der Waals surface area contributed by atoms with Crippen LogP contribution in [0.25, 0.3) is 0 Å². The second kappa shape index (κ2) is 8.12. The normalized spacial score (nSPS) is 16.8. The number of amides is 2. The van der Waals surface area contributed by atoms with Gasteiger partial charge in [-0.15, -0.1) is 0 Å². The highest BCUT2D eigenvalue weighted by molar-refractivity contribution is 6.36. The predicted octanol–water partition coefficient (Wildman–Crippen LogP) is 1.23. The fraction of sp³-hybridized carbons (Fsp3) is 0.750. The number of carbonyl (C=O) groups is 4. The van der Waals surface area contributed by atoms with Crippen molar-refractivity contribution < 1.29 is 28.7 Å². The molecular formula is C16H26N2O6. The second-order valence-electron chi connectivity index (χ2n) is 7.06. The Kier molecular flexibility index (Phi) is 6.74. The molecule has 1 atom stereocenters.